The van der Waals surface area contributed by atoms with Crippen LogP contribution in [0.25, 0.3) is 10.9 Å². The minimum atomic E-state index is -0.814. The lowest BCUT2D eigenvalue weighted by atomic mass is 10.0. The smallest absolute Gasteiger partial charge is 0.494 e. The molecule has 7 heteroatoms. The van der Waals surface area contributed by atoms with Crippen LogP contribution in [0.5, 0.6) is 11.6 Å². The van der Waals surface area contributed by atoms with Crippen molar-refractivity contribution in [3.8, 4) is 11.6 Å². The third-order valence-corrected chi connectivity index (χ3v) is 5.08. The predicted molar refractivity (Wildman–Crippen MR) is 129 cm³/mol. The number of nitrogens with zero attached hydrogens (tertiary/aromatic N) is 2. The fourth-order valence-corrected chi connectivity index (χ4v) is 3.63. The lowest BCUT2D eigenvalue weighted by Crippen LogP contribution is -2.10. The summed E-state index contributed by atoms with van der Waals surface area (Å²) in [5.74, 6) is 0.280. The van der Waals surface area contributed by atoms with E-state index in [-0.39, 0.29) is 5.88 Å². The molecule has 0 fully saturated rings. The standard InChI is InChI=1S/C26H25N3O4/c1-29(2)16-17-9-11-19(12-10-17)27-24(18-7-5-4-6-8-18)23-21-15-20(33-26(31)32-3)13-14-22(21)28-25(23)30/h4-15,28,30H,16H2,1-3H3. The summed E-state index contributed by atoms with van der Waals surface area (Å²) in [6.45, 7) is 0.835. The van der Waals surface area contributed by atoms with E-state index < -0.39 is 6.16 Å². The van der Waals surface area contributed by atoms with Gasteiger partial charge in [0.15, 0.2) is 5.88 Å². The summed E-state index contributed by atoms with van der Waals surface area (Å²) in [6, 6.07) is 22.7. The van der Waals surface area contributed by atoms with E-state index in [4.69, 9.17) is 9.73 Å². The zero-order chi connectivity index (χ0) is 23.4. The van der Waals surface area contributed by atoms with Gasteiger partial charge in [0.2, 0.25) is 0 Å². The molecule has 0 radical (unpaired) electrons. The molecule has 0 spiro atoms. The van der Waals surface area contributed by atoms with E-state index in [0.29, 0.717) is 27.9 Å². The summed E-state index contributed by atoms with van der Waals surface area (Å²) in [4.78, 5) is 21.6. The van der Waals surface area contributed by atoms with Gasteiger partial charge in [-0.2, -0.15) is 0 Å². The predicted octanol–water partition coefficient (Wildman–Crippen LogP) is 5.25. The third-order valence-electron chi connectivity index (χ3n) is 5.08. The number of hydrogen-bond acceptors (Lipinski definition) is 6. The van der Waals surface area contributed by atoms with Gasteiger partial charge in [-0.1, -0.05) is 42.5 Å². The fraction of sp³-hybridized carbons (Fsp3) is 0.154. The van der Waals surface area contributed by atoms with E-state index in [0.717, 1.165) is 17.8 Å². The highest BCUT2D eigenvalue weighted by atomic mass is 16.7. The number of nitrogens with one attached hydrogen (secondary N) is 1. The average molecular weight is 444 g/mol. The Kier molecular flexibility index (Phi) is 6.42. The highest BCUT2D eigenvalue weighted by Gasteiger charge is 2.20. The summed E-state index contributed by atoms with van der Waals surface area (Å²) in [6.07, 6.45) is -0.814. The Balaban J connectivity index is 1.84. The molecule has 0 amide bonds. The lowest BCUT2D eigenvalue weighted by Gasteiger charge is -2.11. The normalized spacial score (nSPS) is 11.7. The van der Waals surface area contributed by atoms with Crippen molar-refractivity contribution in [2.45, 2.75) is 6.54 Å². The first-order valence-electron chi connectivity index (χ1n) is 10.4. The number of ether oxygens (including phenoxy) is 2. The first-order valence-corrected chi connectivity index (χ1v) is 10.4. The van der Waals surface area contributed by atoms with Gasteiger partial charge in [-0.25, -0.2) is 9.79 Å². The molecule has 0 aliphatic carbocycles. The van der Waals surface area contributed by atoms with Crippen molar-refractivity contribution in [1.29, 1.82) is 0 Å². The number of rotatable bonds is 6. The number of fused-ring (bicyclic) bond motifs is 1. The number of carbonyl (C=O) groups excluding carboxylic acids is 1. The largest absolute Gasteiger partial charge is 0.513 e. The van der Waals surface area contributed by atoms with Crippen LogP contribution in [0.2, 0.25) is 0 Å². The monoisotopic (exact) mass is 443 g/mol. The Morgan fingerprint density at radius 3 is 2.42 bits per heavy atom. The zero-order valence-electron chi connectivity index (χ0n) is 18.7. The summed E-state index contributed by atoms with van der Waals surface area (Å²) >= 11 is 0. The first-order chi connectivity index (χ1) is 15.9. The van der Waals surface area contributed by atoms with E-state index in [2.05, 4.69) is 14.6 Å². The maximum Gasteiger partial charge on any atom is 0.513 e. The molecule has 4 aromatic rings. The molecule has 7 nitrogen and oxygen atoms in total. The summed E-state index contributed by atoms with van der Waals surface area (Å²) < 4.78 is 9.77. The molecule has 0 saturated heterocycles. The molecule has 0 unspecified atom stereocenters. The Bertz CT molecular complexity index is 1290. The molecule has 168 valence electrons. The summed E-state index contributed by atoms with van der Waals surface area (Å²) in [5, 5.41) is 11.5. The molecule has 0 saturated carbocycles. The van der Waals surface area contributed by atoms with Crippen LogP contribution in [0.1, 0.15) is 16.7 Å². The Morgan fingerprint density at radius 2 is 1.76 bits per heavy atom. The first kappa shape index (κ1) is 22.1. The van der Waals surface area contributed by atoms with Crippen LogP contribution in [-0.2, 0) is 11.3 Å². The van der Waals surface area contributed by atoms with Crippen molar-refractivity contribution >= 4 is 28.5 Å². The van der Waals surface area contributed by atoms with Crippen molar-refractivity contribution < 1.29 is 19.4 Å². The van der Waals surface area contributed by atoms with Crippen LogP contribution in [0.4, 0.5) is 10.5 Å². The van der Waals surface area contributed by atoms with Gasteiger partial charge in [0.1, 0.15) is 5.75 Å². The molecular weight excluding hydrogens is 418 g/mol. The molecule has 0 bridgehead atoms. The maximum absolute atomic E-state index is 11.6. The second-order valence-corrected chi connectivity index (χ2v) is 7.84. The minimum absolute atomic E-state index is 0.0213. The zero-order valence-corrected chi connectivity index (χ0v) is 18.7. The Labute approximate surface area is 191 Å². The average Bonchev–Trinajstić information content (AvgIpc) is 3.13. The molecule has 0 aliphatic heterocycles. The number of H-pyrrole nitrogens is 1. The van der Waals surface area contributed by atoms with Crippen LogP contribution in [0.15, 0.2) is 77.8 Å². The van der Waals surface area contributed by atoms with Crippen molar-refractivity contribution in [3.63, 3.8) is 0 Å². The summed E-state index contributed by atoms with van der Waals surface area (Å²) in [5.41, 5.74) is 4.57. The van der Waals surface area contributed by atoms with E-state index in [1.165, 1.54) is 12.7 Å². The molecule has 4 rings (SSSR count). The SMILES string of the molecule is COC(=O)Oc1ccc2[nH]c(O)c(C(=Nc3ccc(CN(C)C)cc3)c3ccccc3)c2c1. The number of aromatic hydroxyl groups is 1. The van der Waals surface area contributed by atoms with E-state index in [1.54, 1.807) is 18.2 Å². The topological polar surface area (TPSA) is 87.1 Å². The second-order valence-electron chi connectivity index (χ2n) is 7.84. The van der Waals surface area contributed by atoms with Crippen molar-refractivity contribution in [3.05, 3.63) is 89.5 Å². The maximum atomic E-state index is 11.6. The van der Waals surface area contributed by atoms with Crippen molar-refractivity contribution in [2.75, 3.05) is 21.2 Å². The Hall–Kier alpha value is -4.10. The third kappa shape index (κ3) is 5.05. The van der Waals surface area contributed by atoms with Gasteiger partial charge in [-0.3, -0.25) is 0 Å². The van der Waals surface area contributed by atoms with Gasteiger partial charge in [0, 0.05) is 23.0 Å². The number of aliphatic imine (C=N–C) groups is 1. The van der Waals surface area contributed by atoms with Gasteiger partial charge in [0.25, 0.3) is 0 Å². The van der Waals surface area contributed by atoms with E-state index >= 15 is 0 Å². The number of aromatic amines is 1. The number of aromatic nitrogens is 1. The second kappa shape index (κ2) is 9.58. The number of carbonyl (C=O) groups is 1. The van der Waals surface area contributed by atoms with Crippen molar-refractivity contribution in [2.24, 2.45) is 4.99 Å². The molecule has 0 atom stereocenters. The molecule has 1 aromatic heterocycles. The van der Waals surface area contributed by atoms with Gasteiger partial charge < -0.3 is 24.5 Å². The highest BCUT2D eigenvalue weighted by molar-refractivity contribution is 6.22. The van der Waals surface area contributed by atoms with Crippen LogP contribution < -0.4 is 4.74 Å². The quantitative estimate of drug-likeness (QED) is 0.241. The Morgan fingerprint density at radius 1 is 1.03 bits per heavy atom. The van der Waals surface area contributed by atoms with Gasteiger partial charge in [0.05, 0.1) is 24.1 Å². The minimum Gasteiger partial charge on any atom is -0.494 e. The van der Waals surface area contributed by atoms with Gasteiger partial charge in [-0.05, 0) is 50.0 Å². The molecular formula is C26H25N3O4. The molecule has 2 N–H and O–H groups in total. The molecule has 3 aromatic carbocycles. The van der Waals surface area contributed by atoms with Crippen LogP contribution in [0.3, 0.4) is 0 Å². The van der Waals surface area contributed by atoms with E-state index in [1.807, 2.05) is 68.7 Å². The lowest BCUT2D eigenvalue weighted by molar-refractivity contribution is 0.121. The van der Waals surface area contributed by atoms with E-state index in [9.17, 15) is 9.90 Å². The fourth-order valence-electron chi connectivity index (χ4n) is 3.63. The summed E-state index contributed by atoms with van der Waals surface area (Å²) in [7, 11) is 5.30. The highest BCUT2D eigenvalue weighted by Crippen LogP contribution is 2.33. The number of hydrogen-bond donors (Lipinski definition) is 2. The molecule has 1 heterocycles. The van der Waals surface area contributed by atoms with Gasteiger partial charge in [-0.15, -0.1) is 0 Å². The van der Waals surface area contributed by atoms with Gasteiger partial charge >= 0.3 is 6.16 Å². The van der Waals surface area contributed by atoms with Crippen LogP contribution in [-0.4, -0.2) is 48.1 Å². The van der Waals surface area contributed by atoms with Crippen LogP contribution >= 0.6 is 0 Å². The van der Waals surface area contributed by atoms with Crippen LogP contribution in [0, 0.1) is 0 Å². The molecule has 0 aliphatic rings. The van der Waals surface area contributed by atoms with Crippen molar-refractivity contribution in [1.82, 2.24) is 9.88 Å². The molecule has 33 heavy (non-hydrogen) atoms. The number of methoxy groups -OCH3 is 1. The number of benzene rings is 3.